The van der Waals surface area contributed by atoms with Gasteiger partial charge in [0.05, 0.1) is 17.7 Å². The number of carbonyl (C=O) groups excluding carboxylic acids is 1. The number of alkyl halides is 3. The monoisotopic (exact) mass is 316 g/mol. The standard InChI is InChI=1S/C14H19F3N4O/c1-9(2)19-12-11(5-6-18-20-12)13(22)21-7-3-4-10(8-21)14(15,16)17/h5-6,9-10H,3-4,7-8H2,1-2H3,(H,19,20). The highest BCUT2D eigenvalue weighted by molar-refractivity contribution is 5.98. The Morgan fingerprint density at radius 1 is 1.45 bits per heavy atom. The van der Waals surface area contributed by atoms with E-state index in [1.165, 1.54) is 17.2 Å². The number of hydrogen-bond acceptors (Lipinski definition) is 4. The van der Waals surface area contributed by atoms with E-state index >= 15 is 0 Å². The summed E-state index contributed by atoms with van der Waals surface area (Å²) < 4.78 is 38.6. The van der Waals surface area contributed by atoms with Gasteiger partial charge in [-0.25, -0.2) is 0 Å². The van der Waals surface area contributed by atoms with Crippen molar-refractivity contribution in [1.82, 2.24) is 15.1 Å². The smallest absolute Gasteiger partial charge is 0.366 e. The fourth-order valence-corrected chi connectivity index (χ4v) is 2.48. The van der Waals surface area contributed by atoms with E-state index in [1.54, 1.807) is 0 Å². The summed E-state index contributed by atoms with van der Waals surface area (Å²) in [5, 5.41) is 10.6. The fraction of sp³-hybridized carbons (Fsp3) is 0.643. The molecule has 0 aliphatic carbocycles. The maximum atomic E-state index is 12.9. The summed E-state index contributed by atoms with van der Waals surface area (Å²) >= 11 is 0. The molecule has 122 valence electrons. The molecule has 1 unspecified atom stereocenters. The van der Waals surface area contributed by atoms with E-state index in [9.17, 15) is 18.0 Å². The van der Waals surface area contributed by atoms with Crippen molar-refractivity contribution < 1.29 is 18.0 Å². The number of carbonyl (C=O) groups is 1. The highest BCUT2D eigenvalue weighted by atomic mass is 19.4. The highest BCUT2D eigenvalue weighted by Gasteiger charge is 2.43. The Kier molecular flexibility index (Phi) is 4.87. The second kappa shape index (κ2) is 6.50. The minimum absolute atomic E-state index is 0.0347. The molecule has 1 fully saturated rings. The van der Waals surface area contributed by atoms with E-state index in [0.29, 0.717) is 18.8 Å². The van der Waals surface area contributed by atoms with Gasteiger partial charge in [0, 0.05) is 19.1 Å². The van der Waals surface area contributed by atoms with Crippen LogP contribution < -0.4 is 5.32 Å². The molecule has 2 heterocycles. The van der Waals surface area contributed by atoms with Gasteiger partial charge >= 0.3 is 6.18 Å². The molecule has 1 aliphatic heterocycles. The predicted molar refractivity (Wildman–Crippen MR) is 75.5 cm³/mol. The van der Waals surface area contributed by atoms with Gasteiger partial charge in [-0.3, -0.25) is 4.79 Å². The van der Waals surface area contributed by atoms with Gasteiger partial charge in [-0.1, -0.05) is 0 Å². The number of hydrogen-bond donors (Lipinski definition) is 1. The number of likely N-dealkylation sites (tertiary alicyclic amines) is 1. The molecule has 0 bridgehead atoms. The third-order valence-corrected chi connectivity index (χ3v) is 3.55. The molecule has 1 N–H and O–H groups in total. The number of rotatable bonds is 3. The Morgan fingerprint density at radius 2 is 2.18 bits per heavy atom. The summed E-state index contributed by atoms with van der Waals surface area (Å²) in [7, 11) is 0. The van der Waals surface area contributed by atoms with Gasteiger partial charge in [-0.15, -0.1) is 5.10 Å². The van der Waals surface area contributed by atoms with E-state index in [2.05, 4.69) is 15.5 Å². The molecule has 2 rings (SSSR count). The number of piperidine rings is 1. The van der Waals surface area contributed by atoms with Crippen molar-refractivity contribution in [3.63, 3.8) is 0 Å². The second-order valence-corrected chi connectivity index (χ2v) is 5.72. The summed E-state index contributed by atoms with van der Waals surface area (Å²) in [6.07, 6.45) is -2.49. The van der Waals surface area contributed by atoms with Crippen molar-refractivity contribution in [3.8, 4) is 0 Å². The molecule has 1 aliphatic rings. The third-order valence-electron chi connectivity index (χ3n) is 3.55. The lowest BCUT2D eigenvalue weighted by Crippen LogP contribution is -2.44. The van der Waals surface area contributed by atoms with Gasteiger partial charge in [0.15, 0.2) is 5.82 Å². The van der Waals surface area contributed by atoms with Crippen molar-refractivity contribution in [2.75, 3.05) is 18.4 Å². The Balaban J connectivity index is 2.18. The summed E-state index contributed by atoms with van der Waals surface area (Å²) in [5.41, 5.74) is 0.256. The van der Waals surface area contributed by atoms with Crippen LogP contribution in [0, 0.1) is 5.92 Å². The zero-order chi connectivity index (χ0) is 16.3. The van der Waals surface area contributed by atoms with Crippen molar-refractivity contribution in [2.24, 2.45) is 5.92 Å². The van der Waals surface area contributed by atoms with E-state index in [-0.39, 0.29) is 24.6 Å². The average Bonchev–Trinajstić information content (AvgIpc) is 2.46. The lowest BCUT2D eigenvalue weighted by molar-refractivity contribution is -0.184. The van der Waals surface area contributed by atoms with E-state index < -0.39 is 18.0 Å². The number of nitrogens with zero attached hydrogens (tertiary/aromatic N) is 3. The molecule has 1 atom stereocenters. The van der Waals surface area contributed by atoms with Crippen molar-refractivity contribution in [1.29, 1.82) is 0 Å². The topological polar surface area (TPSA) is 58.1 Å². The van der Waals surface area contributed by atoms with Gasteiger partial charge in [0.2, 0.25) is 0 Å². The molecule has 8 heteroatoms. The summed E-state index contributed by atoms with van der Waals surface area (Å²) in [4.78, 5) is 13.8. The van der Waals surface area contributed by atoms with E-state index in [1.807, 2.05) is 13.8 Å². The zero-order valence-electron chi connectivity index (χ0n) is 12.5. The van der Waals surface area contributed by atoms with Crippen molar-refractivity contribution >= 4 is 11.7 Å². The van der Waals surface area contributed by atoms with Crippen LogP contribution in [0.2, 0.25) is 0 Å². The third kappa shape index (κ3) is 3.86. The Morgan fingerprint density at radius 3 is 2.82 bits per heavy atom. The number of aromatic nitrogens is 2. The van der Waals surface area contributed by atoms with Gasteiger partial charge < -0.3 is 10.2 Å². The summed E-state index contributed by atoms with van der Waals surface area (Å²) in [5.74, 6) is -1.59. The minimum Gasteiger partial charge on any atom is -0.366 e. The Hall–Kier alpha value is -1.86. The average molecular weight is 316 g/mol. The molecule has 0 aromatic carbocycles. The first kappa shape index (κ1) is 16.5. The lowest BCUT2D eigenvalue weighted by atomic mass is 9.97. The molecule has 0 saturated carbocycles. The minimum atomic E-state index is -4.27. The van der Waals surface area contributed by atoms with Crippen LogP contribution in [-0.2, 0) is 0 Å². The zero-order valence-corrected chi connectivity index (χ0v) is 12.5. The summed E-state index contributed by atoms with van der Waals surface area (Å²) in [6, 6.07) is 1.52. The van der Waals surface area contributed by atoms with Gasteiger partial charge in [-0.2, -0.15) is 18.3 Å². The van der Waals surface area contributed by atoms with E-state index in [0.717, 1.165) is 0 Å². The molecule has 1 aromatic heterocycles. The molecular weight excluding hydrogens is 297 g/mol. The molecule has 1 amide bonds. The van der Waals surface area contributed by atoms with Gasteiger partial charge in [-0.05, 0) is 32.8 Å². The van der Waals surface area contributed by atoms with Crippen LogP contribution in [0.5, 0.6) is 0 Å². The molecule has 5 nitrogen and oxygen atoms in total. The van der Waals surface area contributed by atoms with E-state index in [4.69, 9.17) is 0 Å². The van der Waals surface area contributed by atoms with Crippen molar-refractivity contribution in [2.45, 2.75) is 38.9 Å². The quantitative estimate of drug-likeness (QED) is 0.931. The van der Waals surface area contributed by atoms with Crippen LogP contribution in [0.1, 0.15) is 37.0 Å². The maximum Gasteiger partial charge on any atom is 0.393 e. The van der Waals surface area contributed by atoms with Gasteiger partial charge in [0.25, 0.3) is 5.91 Å². The van der Waals surface area contributed by atoms with Crippen LogP contribution >= 0.6 is 0 Å². The highest BCUT2D eigenvalue weighted by Crippen LogP contribution is 2.33. The molecular formula is C14H19F3N4O. The normalized spacial score (nSPS) is 19.4. The van der Waals surface area contributed by atoms with Gasteiger partial charge in [0.1, 0.15) is 0 Å². The van der Waals surface area contributed by atoms with Crippen molar-refractivity contribution in [3.05, 3.63) is 17.8 Å². The maximum absolute atomic E-state index is 12.9. The summed E-state index contributed by atoms with van der Waals surface area (Å²) in [6.45, 7) is 3.79. The fourth-order valence-electron chi connectivity index (χ4n) is 2.48. The predicted octanol–water partition coefficient (Wildman–Crippen LogP) is 2.71. The largest absolute Gasteiger partial charge is 0.393 e. The molecule has 0 radical (unpaired) electrons. The number of nitrogens with one attached hydrogen (secondary N) is 1. The first-order valence-electron chi connectivity index (χ1n) is 7.23. The molecule has 1 aromatic rings. The molecule has 1 saturated heterocycles. The van der Waals surface area contributed by atoms with Crippen LogP contribution in [0.25, 0.3) is 0 Å². The van der Waals surface area contributed by atoms with Crippen LogP contribution in [0.15, 0.2) is 12.3 Å². The number of halogens is 3. The first-order valence-corrected chi connectivity index (χ1v) is 7.23. The Labute approximate surface area is 126 Å². The lowest BCUT2D eigenvalue weighted by Gasteiger charge is -2.34. The number of amides is 1. The molecule has 0 spiro atoms. The molecule has 22 heavy (non-hydrogen) atoms. The SMILES string of the molecule is CC(C)Nc1nnccc1C(=O)N1CCCC(C(F)(F)F)C1. The second-order valence-electron chi connectivity index (χ2n) is 5.72. The number of anilines is 1. The Bertz CT molecular complexity index is 533. The first-order chi connectivity index (χ1) is 10.3. The van der Waals surface area contributed by atoms with Crippen LogP contribution in [0.4, 0.5) is 19.0 Å². The van der Waals surface area contributed by atoms with Crippen LogP contribution in [0.3, 0.4) is 0 Å². The van der Waals surface area contributed by atoms with Crippen LogP contribution in [-0.4, -0.2) is 46.3 Å².